The SMILES string of the molecule is BC1(B)OC(=O)c2ccc(CCN(CCN)Cc3cn(-c4cc(C)c(C#N)cn4)nn3)c(C)c21. The summed E-state index contributed by atoms with van der Waals surface area (Å²) in [4.78, 5) is 18.7. The van der Waals surface area contributed by atoms with Crippen LogP contribution in [0.25, 0.3) is 5.82 Å². The Balaban J connectivity index is 1.47. The minimum atomic E-state index is -0.611. The number of fused-ring (bicyclic) bond motifs is 1. The minimum Gasteiger partial charge on any atom is -0.470 e. The molecule has 3 heterocycles. The van der Waals surface area contributed by atoms with Crippen LogP contribution in [0.4, 0.5) is 0 Å². The average Bonchev–Trinajstić information content (AvgIpc) is 3.34. The van der Waals surface area contributed by atoms with E-state index >= 15 is 0 Å². The van der Waals surface area contributed by atoms with Gasteiger partial charge in [0.2, 0.25) is 0 Å². The average molecular weight is 455 g/mol. The fourth-order valence-electron chi connectivity index (χ4n) is 4.54. The van der Waals surface area contributed by atoms with Crippen molar-refractivity contribution in [3.8, 4) is 11.9 Å². The Morgan fingerprint density at radius 1 is 1.29 bits per heavy atom. The first-order valence-corrected chi connectivity index (χ1v) is 11.3. The highest BCUT2D eigenvalue weighted by molar-refractivity contribution is 6.41. The molecule has 1 aromatic carbocycles. The van der Waals surface area contributed by atoms with E-state index in [0.29, 0.717) is 30.0 Å². The van der Waals surface area contributed by atoms with E-state index in [9.17, 15) is 4.79 Å². The van der Waals surface area contributed by atoms with Crippen LogP contribution < -0.4 is 5.73 Å². The molecule has 34 heavy (non-hydrogen) atoms. The number of benzene rings is 1. The van der Waals surface area contributed by atoms with Crippen molar-refractivity contribution in [2.75, 3.05) is 19.6 Å². The number of ether oxygens (including phenoxy) is 1. The highest BCUT2D eigenvalue weighted by Gasteiger charge is 2.38. The summed E-state index contributed by atoms with van der Waals surface area (Å²) in [5.41, 5.74) is 12.0. The predicted molar refractivity (Wildman–Crippen MR) is 132 cm³/mol. The lowest BCUT2D eigenvalue weighted by Gasteiger charge is -2.23. The molecule has 9 nitrogen and oxygen atoms in total. The van der Waals surface area contributed by atoms with Gasteiger partial charge in [-0.05, 0) is 54.7 Å². The number of esters is 1. The maximum absolute atomic E-state index is 12.2. The number of nitrogens with two attached hydrogens (primary N) is 1. The summed E-state index contributed by atoms with van der Waals surface area (Å²) in [5.74, 6) is 0.364. The van der Waals surface area contributed by atoms with Crippen LogP contribution in [0, 0.1) is 25.2 Å². The third-order valence-corrected chi connectivity index (χ3v) is 6.27. The van der Waals surface area contributed by atoms with Crippen molar-refractivity contribution >= 4 is 21.7 Å². The molecular weight excluding hydrogens is 428 g/mol. The van der Waals surface area contributed by atoms with E-state index in [0.717, 1.165) is 41.9 Å². The van der Waals surface area contributed by atoms with Gasteiger partial charge in [0.1, 0.15) is 6.07 Å². The summed E-state index contributed by atoms with van der Waals surface area (Å²) in [6, 6.07) is 7.84. The summed E-state index contributed by atoms with van der Waals surface area (Å²) in [7, 11) is 3.86. The molecule has 1 aliphatic rings. The van der Waals surface area contributed by atoms with Crippen LogP contribution in [0.5, 0.6) is 0 Å². The summed E-state index contributed by atoms with van der Waals surface area (Å²) in [6.07, 6.45) is 4.21. The van der Waals surface area contributed by atoms with Crippen LogP contribution in [0.15, 0.2) is 30.6 Å². The van der Waals surface area contributed by atoms with Crippen LogP contribution in [0.1, 0.15) is 43.9 Å². The first-order valence-electron chi connectivity index (χ1n) is 11.3. The number of aryl methyl sites for hydroxylation is 1. The van der Waals surface area contributed by atoms with Gasteiger partial charge in [-0.25, -0.2) is 14.5 Å². The number of hydrogen-bond acceptors (Lipinski definition) is 8. The van der Waals surface area contributed by atoms with Crippen molar-refractivity contribution in [3.63, 3.8) is 0 Å². The van der Waals surface area contributed by atoms with Gasteiger partial charge in [0.25, 0.3) is 0 Å². The van der Waals surface area contributed by atoms with Crippen LogP contribution in [-0.4, -0.2) is 66.2 Å². The van der Waals surface area contributed by atoms with Crippen LogP contribution in [0.2, 0.25) is 0 Å². The number of aromatic nitrogens is 4. The lowest BCUT2D eigenvalue weighted by Crippen LogP contribution is -2.31. The maximum atomic E-state index is 12.2. The molecule has 0 fully saturated rings. The van der Waals surface area contributed by atoms with Gasteiger partial charge in [0.15, 0.2) is 21.5 Å². The third kappa shape index (κ3) is 4.60. The molecule has 2 aromatic heterocycles. The first kappa shape index (κ1) is 23.7. The van der Waals surface area contributed by atoms with Gasteiger partial charge in [-0.15, -0.1) is 5.10 Å². The van der Waals surface area contributed by atoms with Gasteiger partial charge in [0, 0.05) is 32.4 Å². The van der Waals surface area contributed by atoms with Crippen molar-refractivity contribution < 1.29 is 9.53 Å². The Labute approximate surface area is 200 Å². The fraction of sp³-hybridized carbons (Fsp3) is 0.348. The number of carbonyl (C=O) groups excluding carboxylic acids is 1. The first-order chi connectivity index (χ1) is 16.2. The number of nitrogens with zero attached hydrogens (tertiary/aromatic N) is 6. The topological polar surface area (TPSA) is 123 Å². The minimum absolute atomic E-state index is 0.255. The van der Waals surface area contributed by atoms with Crippen LogP contribution in [0.3, 0.4) is 0 Å². The van der Waals surface area contributed by atoms with Crippen LogP contribution in [-0.2, 0) is 23.1 Å². The molecular formula is C23H27B2N7O2. The number of nitriles is 1. The summed E-state index contributed by atoms with van der Waals surface area (Å²) < 4.78 is 7.17. The van der Waals surface area contributed by atoms with E-state index in [1.807, 2.05) is 47.0 Å². The number of hydrogen-bond donors (Lipinski definition) is 1. The maximum Gasteiger partial charge on any atom is 0.337 e. The molecule has 3 aromatic rings. The molecule has 0 unspecified atom stereocenters. The fourth-order valence-corrected chi connectivity index (χ4v) is 4.54. The van der Waals surface area contributed by atoms with E-state index in [2.05, 4.69) is 33.2 Å². The Bertz CT molecular complexity index is 1280. The predicted octanol–water partition coefficient (Wildman–Crippen LogP) is -0.299. The molecule has 0 atom stereocenters. The van der Waals surface area contributed by atoms with Crippen LogP contribution >= 0.6 is 0 Å². The Hall–Kier alpha value is -3.48. The Morgan fingerprint density at radius 3 is 2.79 bits per heavy atom. The Kier molecular flexibility index (Phi) is 6.55. The second-order valence-corrected chi connectivity index (χ2v) is 9.11. The molecule has 0 saturated carbocycles. The van der Waals surface area contributed by atoms with E-state index in [1.54, 1.807) is 10.9 Å². The molecule has 4 rings (SSSR count). The highest BCUT2D eigenvalue weighted by Crippen LogP contribution is 2.35. The van der Waals surface area contributed by atoms with Crippen molar-refractivity contribution in [2.45, 2.75) is 32.2 Å². The van der Waals surface area contributed by atoms with Crippen molar-refractivity contribution in [3.05, 3.63) is 69.7 Å². The van der Waals surface area contributed by atoms with E-state index < -0.39 is 5.40 Å². The molecule has 0 saturated heterocycles. The molecule has 0 aliphatic carbocycles. The quantitative estimate of drug-likeness (QED) is 0.363. The smallest absolute Gasteiger partial charge is 0.337 e. The summed E-state index contributed by atoms with van der Waals surface area (Å²) in [5, 5.41) is 17.0. The summed E-state index contributed by atoms with van der Waals surface area (Å²) in [6.45, 7) is 6.57. The molecule has 0 radical (unpaired) electrons. The van der Waals surface area contributed by atoms with Crippen molar-refractivity contribution in [1.82, 2.24) is 24.9 Å². The van der Waals surface area contributed by atoms with E-state index in [-0.39, 0.29) is 5.97 Å². The summed E-state index contributed by atoms with van der Waals surface area (Å²) >= 11 is 0. The number of carbonyl (C=O) groups is 1. The van der Waals surface area contributed by atoms with Gasteiger partial charge in [0.05, 0.1) is 28.4 Å². The van der Waals surface area contributed by atoms with Crippen molar-refractivity contribution in [1.29, 1.82) is 5.26 Å². The van der Waals surface area contributed by atoms with Crippen molar-refractivity contribution in [2.24, 2.45) is 5.73 Å². The molecule has 0 amide bonds. The lowest BCUT2D eigenvalue weighted by molar-refractivity contribution is 0.0444. The molecule has 2 N–H and O–H groups in total. The normalized spacial score (nSPS) is 14.1. The number of cyclic esters (lactones) is 1. The van der Waals surface area contributed by atoms with Gasteiger partial charge in [-0.1, -0.05) is 11.3 Å². The van der Waals surface area contributed by atoms with Gasteiger partial charge in [-0.3, -0.25) is 4.90 Å². The highest BCUT2D eigenvalue weighted by atomic mass is 16.6. The molecule has 11 heteroatoms. The second-order valence-electron chi connectivity index (χ2n) is 9.11. The zero-order valence-electron chi connectivity index (χ0n) is 20.0. The van der Waals surface area contributed by atoms with Gasteiger partial charge >= 0.3 is 5.97 Å². The number of rotatable bonds is 8. The third-order valence-electron chi connectivity index (χ3n) is 6.27. The Morgan fingerprint density at radius 2 is 2.09 bits per heavy atom. The monoisotopic (exact) mass is 455 g/mol. The molecule has 1 aliphatic heterocycles. The molecule has 0 bridgehead atoms. The van der Waals surface area contributed by atoms with Gasteiger partial charge in [-0.2, -0.15) is 5.26 Å². The standard InChI is InChI=1S/C23H27B2N7O2/c1-14-9-20(28-11-17(14)10-27)32-13-18(29-30-32)12-31(8-6-26)7-5-16-3-4-19-21(15(16)2)23(24,25)34-22(19)33/h3-4,9,11,13H,5-8,12,24-26H2,1-2H3. The second kappa shape index (κ2) is 9.41. The molecule has 0 spiro atoms. The zero-order chi connectivity index (χ0) is 24.5. The largest absolute Gasteiger partial charge is 0.470 e. The number of pyridine rings is 1. The van der Waals surface area contributed by atoms with Gasteiger partial charge < -0.3 is 10.5 Å². The van der Waals surface area contributed by atoms with E-state index in [1.165, 1.54) is 5.56 Å². The molecule has 172 valence electrons. The zero-order valence-corrected chi connectivity index (χ0v) is 20.0. The van der Waals surface area contributed by atoms with E-state index in [4.69, 9.17) is 15.7 Å². The lowest BCUT2D eigenvalue weighted by atomic mass is 9.60.